The minimum Gasteiger partial charge on any atom is -0.459 e. The van der Waals surface area contributed by atoms with Crippen LogP contribution in [0.3, 0.4) is 0 Å². The third kappa shape index (κ3) is 4.72. The zero-order valence-electron chi connectivity index (χ0n) is 11.7. The van der Waals surface area contributed by atoms with Crippen molar-refractivity contribution in [1.29, 1.82) is 0 Å². The summed E-state index contributed by atoms with van der Waals surface area (Å²) in [6, 6.07) is 3.47. The van der Waals surface area contributed by atoms with Gasteiger partial charge < -0.3 is 15.1 Å². The summed E-state index contributed by atoms with van der Waals surface area (Å²) in [5, 5.41) is 5.56. The maximum atomic E-state index is 11.8. The molecule has 2 N–H and O–H groups in total. The number of hydrogen-bond acceptors (Lipinski definition) is 3. The predicted molar refractivity (Wildman–Crippen MR) is 75.3 cm³/mol. The number of nitrogens with one attached hydrogen (secondary N) is 2. The van der Waals surface area contributed by atoms with E-state index in [1.165, 1.54) is 38.4 Å². The molecule has 0 saturated heterocycles. The first-order valence-electron chi connectivity index (χ1n) is 7.37. The summed E-state index contributed by atoms with van der Waals surface area (Å²) in [5.41, 5.74) is 0. The molecule has 110 valence electrons. The summed E-state index contributed by atoms with van der Waals surface area (Å²) in [7, 11) is 0. The Morgan fingerprint density at radius 2 is 1.85 bits per heavy atom. The first-order valence-corrected chi connectivity index (χ1v) is 7.37. The summed E-state index contributed by atoms with van der Waals surface area (Å²) in [4.78, 5) is 23.4. The Hall–Kier alpha value is -1.78. The minimum absolute atomic E-state index is 0.00394. The standard InChI is InChI=1S/C15H22N2O3/c18-14(11-16-15(19)13-9-6-10-20-13)17-12-7-4-2-1-3-5-8-12/h6,9-10,12H,1-5,7-8,11H2,(H,16,19)(H,17,18). The third-order valence-electron chi connectivity index (χ3n) is 3.62. The van der Waals surface area contributed by atoms with Gasteiger partial charge in [0.15, 0.2) is 5.76 Å². The molecule has 1 aromatic rings. The molecule has 1 saturated carbocycles. The molecule has 0 aliphatic heterocycles. The number of furan rings is 1. The molecular formula is C15H22N2O3. The number of hydrogen-bond donors (Lipinski definition) is 2. The zero-order valence-corrected chi connectivity index (χ0v) is 11.7. The second-order valence-corrected chi connectivity index (χ2v) is 5.27. The Labute approximate surface area is 119 Å². The topological polar surface area (TPSA) is 71.3 Å². The monoisotopic (exact) mass is 278 g/mol. The van der Waals surface area contributed by atoms with Gasteiger partial charge in [-0.15, -0.1) is 0 Å². The van der Waals surface area contributed by atoms with Crippen molar-refractivity contribution >= 4 is 11.8 Å². The van der Waals surface area contributed by atoms with E-state index in [2.05, 4.69) is 10.6 Å². The van der Waals surface area contributed by atoms with Crippen molar-refractivity contribution in [3.05, 3.63) is 24.2 Å². The number of carbonyl (C=O) groups is 2. The van der Waals surface area contributed by atoms with Crippen molar-refractivity contribution in [2.75, 3.05) is 6.54 Å². The summed E-state index contributed by atoms with van der Waals surface area (Å²) in [5.74, 6) is -0.262. The molecule has 1 aliphatic carbocycles. The molecule has 0 unspecified atom stereocenters. The highest BCUT2D eigenvalue weighted by molar-refractivity contribution is 5.94. The fourth-order valence-electron chi connectivity index (χ4n) is 2.53. The van der Waals surface area contributed by atoms with Crippen LogP contribution >= 0.6 is 0 Å². The average molecular weight is 278 g/mol. The highest BCUT2D eigenvalue weighted by atomic mass is 16.3. The highest BCUT2D eigenvalue weighted by Crippen LogP contribution is 2.16. The Kier molecular flexibility index (Phi) is 5.65. The van der Waals surface area contributed by atoms with Gasteiger partial charge in [0.2, 0.25) is 5.91 Å². The zero-order chi connectivity index (χ0) is 14.2. The van der Waals surface area contributed by atoms with Crippen molar-refractivity contribution in [3.63, 3.8) is 0 Å². The molecule has 0 aromatic carbocycles. The maximum absolute atomic E-state index is 11.8. The summed E-state index contributed by atoms with van der Waals surface area (Å²) >= 11 is 0. The van der Waals surface area contributed by atoms with Gasteiger partial charge in [0.05, 0.1) is 12.8 Å². The Morgan fingerprint density at radius 1 is 1.15 bits per heavy atom. The summed E-state index contributed by atoms with van der Waals surface area (Å²) in [6.07, 6.45) is 9.66. The number of carbonyl (C=O) groups excluding carboxylic acids is 2. The lowest BCUT2D eigenvalue weighted by Crippen LogP contribution is -2.42. The first kappa shape index (κ1) is 14.6. The quantitative estimate of drug-likeness (QED) is 0.887. The number of amides is 2. The van der Waals surface area contributed by atoms with E-state index in [-0.39, 0.29) is 30.2 Å². The van der Waals surface area contributed by atoms with E-state index in [9.17, 15) is 9.59 Å². The van der Waals surface area contributed by atoms with Crippen molar-refractivity contribution in [2.45, 2.75) is 51.0 Å². The molecular weight excluding hydrogens is 256 g/mol. The molecule has 2 amide bonds. The van der Waals surface area contributed by atoms with Crippen LogP contribution in [0.2, 0.25) is 0 Å². The lowest BCUT2D eigenvalue weighted by Gasteiger charge is -2.21. The van der Waals surface area contributed by atoms with Crippen molar-refractivity contribution < 1.29 is 14.0 Å². The first-order chi connectivity index (χ1) is 9.75. The van der Waals surface area contributed by atoms with E-state index >= 15 is 0 Å². The Bertz CT molecular complexity index is 420. The molecule has 0 bridgehead atoms. The van der Waals surface area contributed by atoms with Crippen LogP contribution in [0, 0.1) is 0 Å². The second kappa shape index (κ2) is 7.72. The van der Waals surface area contributed by atoms with Crippen LogP contribution in [0.4, 0.5) is 0 Å². The van der Waals surface area contributed by atoms with Gasteiger partial charge in [-0.1, -0.05) is 32.1 Å². The normalized spacial score (nSPS) is 17.0. The van der Waals surface area contributed by atoms with Gasteiger partial charge in [-0.05, 0) is 25.0 Å². The molecule has 0 atom stereocenters. The van der Waals surface area contributed by atoms with Crippen LogP contribution in [0.5, 0.6) is 0 Å². The fraction of sp³-hybridized carbons (Fsp3) is 0.600. The maximum Gasteiger partial charge on any atom is 0.287 e. The lowest BCUT2D eigenvalue weighted by molar-refractivity contribution is -0.120. The van der Waals surface area contributed by atoms with Gasteiger partial charge in [-0.25, -0.2) is 0 Å². The van der Waals surface area contributed by atoms with Crippen molar-refractivity contribution in [2.24, 2.45) is 0 Å². The second-order valence-electron chi connectivity index (χ2n) is 5.27. The third-order valence-corrected chi connectivity index (χ3v) is 3.62. The van der Waals surface area contributed by atoms with E-state index in [0.29, 0.717) is 0 Å². The number of rotatable bonds is 4. The van der Waals surface area contributed by atoms with E-state index in [4.69, 9.17) is 4.42 Å². The molecule has 5 nitrogen and oxygen atoms in total. The Morgan fingerprint density at radius 3 is 2.50 bits per heavy atom. The highest BCUT2D eigenvalue weighted by Gasteiger charge is 2.15. The fourth-order valence-corrected chi connectivity index (χ4v) is 2.53. The molecule has 0 spiro atoms. The summed E-state index contributed by atoms with van der Waals surface area (Å²) < 4.78 is 4.96. The van der Waals surface area contributed by atoms with Gasteiger partial charge in [0.25, 0.3) is 5.91 Å². The van der Waals surface area contributed by atoms with E-state index < -0.39 is 0 Å². The van der Waals surface area contributed by atoms with Crippen LogP contribution in [-0.4, -0.2) is 24.4 Å². The van der Waals surface area contributed by atoms with E-state index in [1.54, 1.807) is 12.1 Å². The van der Waals surface area contributed by atoms with Crippen LogP contribution in [0.1, 0.15) is 55.5 Å². The minimum atomic E-state index is -0.359. The van der Waals surface area contributed by atoms with Gasteiger partial charge in [0.1, 0.15) is 0 Å². The van der Waals surface area contributed by atoms with Crippen LogP contribution in [0.15, 0.2) is 22.8 Å². The van der Waals surface area contributed by atoms with Gasteiger partial charge in [-0.3, -0.25) is 9.59 Å². The van der Waals surface area contributed by atoms with E-state index in [1.807, 2.05) is 0 Å². The van der Waals surface area contributed by atoms with Crippen LogP contribution < -0.4 is 10.6 Å². The SMILES string of the molecule is O=C(CNC(=O)c1ccco1)NC1CCCCCCC1. The van der Waals surface area contributed by atoms with Crippen molar-refractivity contribution in [1.82, 2.24) is 10.6 Å². The molecule has 1 fully saturated rings. The predicted octanol–water partition coefficient (Wildman–Crippen LogP) is 2.24. The summed E-state index contributed by atoms with van der Waals surface area (Å²) in [6.45, 7) is -0.00394. The largest absolute Gasteiger partial charge is 0.459 e. The molecule has 1 aliphatic rings. The van der Waals surface area contributed by atoms with Crippen molar-refractivity contribution in [3.8, 4) is 0 Å². The lowest BCUT2D eigenvalue weighted by atomic mass is 9.97. The molecule has 0 radical (unpaired) electrons. The molecule has 1 aromatic heterocycles. The Balaban J connectivity index is 1.70. The molecule has 20 heavy (non-hydrogen) atoms. The average Bonchev–Trinajstić information content (AvgIpc) is 2.93. The van der Waals surface area contributed by atoms with E-state index in [0.717, 1.165) is 12.8 Å². The van der Waals surface area contributed by atoms with Gasteiger partial charge >= 0.3 is 0 Å². The van der Waals surface area contributed by atoms with Crippen LogP contribution in [-0.2, 0) is 4.79 Å². The van der Waals surface area contributed by atoms with Crippen LogP contribution in [0.25, 0.3) is 0 Å². The molecule has 5 heteroatoms. The molecule has 2 rings (SSSR count). The van der Waals surface area contributed by atoms with Gasteiger partial charge in [-0.2, -0.15) is 0 Å². The smallest absolute Gasteiger partial charge is 0.287 e. The van der Waals surface area contributed by atoms with Gasteiger partial charge in [0, 0.05) is 6.04 Å². The molecule has 1 heterocycles.